The van der Waals surface area contributed by atoms with Gasteiger partial charge in [0.05, 0.1) is 12.5 Å². The van der Waals surface area contributed by atoms with Gasteiger partial charge in [0, 0.05) is 31.9 Å². The molecule has 40 heavy (non-hydrogen) atoms. The molecule has 7 heteroatoms. The average Bonchev–Trinajstić information content (AvgIpc) is 2.96. The number of carbonyl (C=O) groups is 1. The molecule has 0 aliphatic carbocycles. The molecule has 1 unspecified atom stereocenters. The van der Waals surface area contributed by atoms with E-state index in [-0.39, 0.29) is 11.9 Å². The van der Waals surface area contributed by atoms with Crippen LogP contribution in [0.2, 0.25) is 6.04 Å². The first-order valence-corrected chi connectivity index (χ1v) is 17.5. The van der Waals surface area contributed by atoms with Crippen molar-refractivity contribution in [2.45, 2.75) is 103 Å². The Labute approximate surface area is 243 Å². The number of ether oxygens (including phenoxy) is 2. The van der Waals surface area contributed by atoms with E-state index in [1.54, 1.807) is 0 Å². The maximum atomic E-state index is 12.6. The fourth-order valence-corrected chi connectivity index (χ4v) is 8.04. The third-order valence-corrected chi connectivity index (χ3v) is 10.5. The quantitative estimate of drug-likeness (QED) is 0.0651. The first-order chi connectivity index (χ1) is 19.6. The van der Waals surface area contributed by atoms with Crippen LogP contribution in [0.3, 0.4) is 0 Å². The van der Waals surface area contributed by atoms with Crippen LogP contribution in [0.15, 0.2) is 48.5 Å². The highest BCUT2D eigenvalue weighted by molar-refractivity contribution is 6.60. The summed E-state index contributed by atoms with van der Waals surface area (Å²) in [6, 6.07) is 16.7. The topological polar surface area (TPSA) is 63.2 Å². The summed E-state index contributed by atoms with van der Waals surface area (Å²) in [5, 5.41) is 0. The minimum atomic E-state index is -2.47. The molecular weight excluding hydrogens is 520 g/mol. The molecule has 1 heterocycles. The molecule has 0 radical (unpaired) electrons. The Morgan fingerprint density at radius 2 is 1.32 bits per heavy atom. The van der Waals surface area contributed by atoms with E-state index in [1.165, 1.54) is 51.4 Å². The Hall–Kier alpha value is -2.19. The molecule has 1 aliphatic rings. The number of carbonyl (C=O) groups excluding carboxylic acids is 1. The van der Waals surface area contributed by atoms with E-state index in [9.17, 15) is 4.79 Å². The van der Waals surface area contributed by atoms with Gasteiger partial charge in [-0.05, 0) is 57.2 Å². The van der Waals surface area contributed by atoms with E-state index < -0.39 is 8.80 Å². The molecule has 2 aromatic rings. The first-order valence-electron chi connectivity index (χ1n) is 15.5. The third-order valence-electron chi connectivity index (χ3n) is 7.40. The lowest BCUT2D eigenvalue weighted by atomic mass is 9.90. The van der Waals surface area contributed by atoms with E-state index in [2.05, 4.69) is 0 Å². The zero-order chi connectivity index (χ0) is 28.5. The van der Waals surface area contributed by atoms with Crippen molar-refractivity contribution in [3.8, 4) is 11.5 Å². The molecule has 0 aromatic heterocycles. The number of unbranched alkanes of at least 4 members (excludes halogenated alkanes) is 9. The van der Waals surface area contributed by atoms with Crippen LogP contribution in [-0.4, -0.2) is 41.2 Å². The van der Waals surface area contributed by atoms with E-state index in [0.29, 0.717) is 38.6 Å². The van der Waals surface area contributed by atoms with Gasteiger partial charge in [0.25, 0.3) is 0 Å². The summed E-state index contributed by atoms with van der Waals surface area (Å²) in [5.41, 5.74) is 2.05. The standard InChI is InChI=1S/C33H50O6Si/c1-4-36-40(37-5-2,38-6-3)25-19-14-12-10-8-7-9-11-13-18-24-35-30-23-22-29-26-31(28-20-16-15-17-21-28)33(34)39-32(29)27-30/h15-17,20-23,27,31H,4-14,18-19,24-26H2,1-3H3. The van der Waals surface area contributed by atoms with Crippen molar-refractivity contribution in [2.24, 2.45) is 0 Å². The summed E-state index contributed by atoms with van der Waals surface area (Å²) in [7, 11) is -2.47. The van der Waals surface area contributed by atoms with Crippen molar-refractivity contribution in [3.63, 3.8) is 0 Å². The molecule has 0 saturated carbocycles. The minimum Gasteiger partial charge on any atom is -0.493 e. The average molecular weight is 571 g/mol. The van der Waals surface area contributed by atoms with Crippen molar-refractivity contribution in [3.05, 3.63) is 59.7 Å². The molecule has 0 saturated heterocycles. The monoisotopic (exact) mass is 570 g/mol. The smallest absolute Gasteiger partial charge is 0.493 e. The predicted molar refractivity (Wildman–Crippen MR) is 162 cm³/mol. The zero-order valence-corrected chi connectivity index (χ0v) is 26.0. The summed E-state index contributed by atoms with van der Waals surface area (Å²) in [4.78, 5) is 12.6. The molecule has 1 aliphatic heterocycles. The molecular formula is C33H50O6Si. The third kappa shape index (κ3) is 10.7. The van der Waals surface area contributed by atoms with Crippen molar-refractivity contribution < 1.29 is 27.5 Å². The lowest BCUT2D eigenvalue weighted by Gasteiger charge is -2.28. The predicted octanol–water partition coefficient (Wildman–Crippen LogP) is 8.26. The van der Waals surface area contributed by atoms with Crippen molar-refractivity contribution in [1.29, 1.82) is 0 Å². The molecule has 6 nitrogen and oxygen atoms in total. The van der Waals surface area contributed by atoms with Crippen LogP contribution >= 0.6 is 0 Å². The SMILES string of the molecule is CCO[Si](CCCCCCCCCCCCOc1ccc2c(c1)OC(=O)C(c1ccccc1)C2)(OCC)OCC. The van der Waals surface area contributed by atoms with Crippen LogP contribution in [0.4, 0.5) is 0 Å². The highest BCUT2D eigenvalue weighted by Gasteiger charge is 2.39. The Balaban J connectivity index is 1.21. The molecule has 2 aromatic carbocycles. The molecule has 0 N–H and O–H groups in total. The summed E-state index contributed by atoms with van der Waals surface area (Å²) < 4.78 is 29.5. The van der Waals surface area contributed by atoms with Gasteiger partial charge < -0.3 is 22.8 Å². The van der Waals surface area contributed by atoms with Gasteiger partial charge >= 0.3 is 14.8 Å². The molecule has 0 fully saturated rings. The van der Waals surface area contributed by atoms with Crippen LogP contribution < -0.4 is 9.47 Å². The van der Waals surface area contributed by atoms with Gasteiger partial charge in [-0.1, -0.05) is 87.8 Å². The maximum absolute atomic E-state index is 12.6. The number of hydrogen-bond donors (Lipinski definition) is 0. The maximum Gasteiger partial charge on any atom is 0.500 e. The number of hydrogen-bond acceptors (Lipinski definition) is 6. The lowest BCUT2D eigenvalue weighted by molar-refractivity contribution is -0.137. The Kier molecular flexibility index (Phi) is 14.8. The van der Waals surface area contributed by atoms with E-state index in [1.807, 2.05) is 69.3 Å². The number of benzene rings is 2. The van der Waals surface area contributed by atoms with E-state index >= 15 is 0 Å². The van der Waals surface area contributed by atoms with Gasteiger partial charge in [0.15, 0.2) is 0 Å². The van der Waals surface area contributed by atoms with E-state index in [4.69, 9.17) is 22.8 Å². The summed E-state index contributed by atoms with van der Waals surface area (Å²) in [6.45, 7) is 8.70. The Bertz CT molecular complexity index is 965. The second kappa shape index (κ2) is 18.3. The minimum absolute atomic E-state index is 0.190. The van der Waals surface area contributed by atoms with Crippen molar-refractivity contribution in [1.82, 2.24) is 0 Å². The fourth-order valence-electron chi connectivity index (χ4n) is 5.36. The van der Waals surface area contributed by atoms with Crippen LogP contribution in [-0.2, 0) is 24.5 Å². The summed E-state index contributed by atoms with van der Waals surface area (Å²) in [5.74, 6) is 0.973. The lowest BCUT2D eigenvalue weighted by Crippen LogP contribution is -2.45. The number of rotatable bonds is 21. The fraction of sp³-hybridized carbons (Fsp3) is 0.606. The van der Waals surface area contributed by atoms with Crippen molar-refractivity contribution >= 4 is 14.8 Å². The Morgan fingerprint density at radius 3 is 1.93 bits per heavy atom. The van der Waals surface area contributed by atoms with Crippen LogP contribution in [0.25, 0.3) is 0 Å². The molecule has 3 rings (SSSR count). The summed E-state index contributed by atoms with van der Waals surface area (Å²) >= 11 is 0. The van der Waals surface area contributed by atoms with Gasteiger partial charge in [-0.2, -0.15) is 0 Å². The normalized spacial score (nSPS) is 15.1. The molecule has 0 bridgehead atoms. The van der Waals surface area contributed by atoms with Gasteiger partial charge in [-0.25, -0.2) is 0 Å². The van der Waals surface area contributed by atoms with E-state index in [0.717, 1.165) is 35.8 Å². The van der Waals surface area contributed by atoms with Crippen molar-refractivity contribution in [2.75, 3.05) is 26.4 Å². The van der Waals surface area contributed by atoms with Crippen LogP contribution in [0, 0.1) is 0 Å². The highest BCUT2D eigenvalue weighted by Crippen LogP contribution is 2.35. The van der Waals surface area contributed by atoms with Crippen LogP contribution in [0.1, 0.15) is 102 Å². The molecule has 1 atom stereocenters. The van der Waals surface area contributed by atoms with Gasteiger partial charge in [0.2, 0.25) is 0 Å². The second-order valence-corrected chi connectivity index (χ2v) is 13.2. The zero-order valence-electron chi connectivity index (χ0n) is 25.0. The molecule has 0 amide bonds. The van der Waals surface area contributed by atoms with Gasteiger partial charge in [-0.15, -0.1) is 0 Å². The Morgan fingerprint density at radius 1 is 0.750 bits per heavy atom. The van der Waals surface area contributed by atoms with Crippen LogP contribution in [0.5, 0.6) is 11.5 Å². The van der Waals surface area contributed by atoms with Gasteiger partial charge in [-0.3, -0.25) is 4.79 Å². The highest BCUT2D eigenvalue weighted by atomic mass is 28.4. The molecule has 222 valence electrons. The van der Waals surface area contributed by atoms with Gasteiger partial charge in [0.1, 0.15) is 11.5 Å². The molecule has 0 spiro atoms. The largest absolute Gasteiger partial charge is 0.500 e. The first kappa shape index (κ1) is 32.3. The summed E-state index contributed by atoms with van der Waals surface area (Å²) in [6.07, 6.45) is 12.9. The number of esters is 1. The number of fused-ring (bicyclic) bond motifs is 1. The second-order valence-electron chi connectivity index (χ2n) is 10.5.